The molecule has 2 rings (SSSR count). The fraction of sp³-hybridized carbons (Fsp3) is 0. The Morgan fingerprint density at radius 2 is 1.47 bits per heavy atom. The Morgan fingerprint density at radius 1 is 0.895 bits per heavy atom. The molecule has 0 radical (unpaired) electrons. The lowest BCUT2D eigenvalue weighted by Crippen LogP contribution is -1.82. The highest BCUT2D eigenvalue weighted by Crippen LogP contribution is 2.25. The van der Waals surface area contributed by atoms with Crippen LogP contribution in [-0.2, 0) is 0 Å². The van der Waals surface area contributed by atoms with Gasteiger partial charge in [-0.25, -0.2) is 0 Å². The van der Waals surface area contributed by atoms with Crippen molar-refractivity contribution in [3.63, 3.8) is 0 Å². The third kappa shape index (κ3) is 3.05. The number of phenols is 3. The summed E-state index contributed by atoms with van der Waals surface area (Å²) in [6.07, 6.45) is 1.55. The fourth-order valence-electron chi connectivity index (χ4n) is 1.69. The Kier molecular flexibility index (Phi) is 3.39. The van der Waals surface area contributed by atoms with Crippen LogP contribution >= 0.6 is 0 Å². The van der Waals surface area contributed by atoms with E-state index < -0.39 is 0 Å². The highest BCUT2D eigenvalue weighted by molar-refractivity contribution is 5.90. The number of nitriles is 1. The predicted octanol–water partition coefficient (Wildman–Crippen LogP) is 2.87. The number of hydrogen-bond acceptors (Lipinski definition) is 4. The summed E-state index contributed by atoms with van der Waals surface area (Å²) in [6, 6.07) is 12.3. The van der Waals surface area contributed by atoms with Gasteiger partial charge < -0.3 is 15.3 Å². The second-order valence-electron chi connectivity index (χ2n) is 4.00. The van der Waals surface area contributed by atoms with Gasteiger partial charge in [-0.05, 0) is 53.6 Å². The molecule has 0 heterocycles. The fourth-order valence-corrected chi connectivity index (χ4v) is 1.69. The molecule has 0 aliphatic carbocycles. The van der Waals surface area contributed by atoms with E-state index in [0.29, 0.717) is 16.7 Å². The first-order valence-electron chi connectivity index (χ1n) is 5.53. The first kappa shape index (κ1) is 12.5. The average Bonchev–Trinajstić information content (AvgIpc) is 2.36. The molecule has 0 unspecified atom stereocenters. The number of hydrogen-bond donors (Lipinski definition) is 3. The molecule has 4 heteroatoms. The molecule has 0 amide bonds. The summed E-state index contributed by atoms with van der Waals surface area (Å²) in [5.41, 5.74) is 1.52. The van der Waals surface area contributed by atoms with Gasteiger partial charge in [0.25, 0.3) is 0 Å². The molecule has 2 aromatic rings. The molecule has 0 aliphatic heterocycles. The molecular formula is C15H11NO3. The molecule has 0 spiro atoms. The van der Waals surface area contributed by atoms with Crippen LogP contribution in [0.2, 0.25) is 0 Å². The number of nitrogens with zero attached hydrogens (tertiary/aromatic N) is 1. The maximum atomic E-state index is 9.38. The van der Waals surface area contributed by atoms with Gasteiger partial charge in [0.05, 0.1) is 11.6 Å². The van der Waals surface area contributed by atoms with E-state index in [2.05, 4.69) is 0 Å². The van der Waals surface area contributed by atoms with Crippen LogP contribution in [0.25, 0.3) is 11.6 Å². The van der Waals surface area contributed by atoms with Crippen molar-refractivity contribution in [2.45, 2.75) is 0 Å². The van der Waals surface area contributed by atoms with Gasteiger partial charge in [-0.3, -0.25) is 0 Å². The van der Waals surface area contributed by atoms with E-state index in [1.165, 1.54) is 30.3 Å². The lowest BCUT2D eigenvalue weighted by Gasteiger charge is -2.02. The summed E-state index contributed by atoms with van der Waals surface area (Å²) in [4.78, 5) is 0. The van der Waals surface area contributed by atoms with Gasteiger partial charge in [-0.2, -0.15) is 5.26 Å². The summed E-state index contributed by atoms with van der Waals surface area (Å²) in [7, 11) is 0. The zero-order valence-electron chi connectivity index (χ0n) is 9.91. The molecule has 0 atom stereocenters. The summed E-state index contributed by atoms with van der Waals surface area (Å²) < 4.78 is 0. The van der Waals surface area contributed by atoms with Crippen LogP contribution in [0.3, 0.4) is 0 Å². The molecular weight excluding hydrogens is 242 g/mol. The number of aromatic hydroxyl groups is 3. The van der Waals surface area contributed by atoms with Crippen LogP contribution in [0, 0.1) is 11.3 Å². The molecule has 2 aromatic carbocycles. The second-order valence-corrected chi connectivity index (χ2v) is 4.00. The summed E-state index contributed by atoms with van der Waals surface area (Å²) in [5, 5.41) is 37.1. The lowest BCUT2D eigenvalue weighted by molar-refractivity contribution is 0.450. The van der Waals surface area contributed by atoms with E-state index in [-0.39, 0.29) is 17.2 Å². The van der Waals surface area contributed by atoms with E-state index in [9.17, 15) is 15.3 Å². The van der Waals surface area contributed by atoms with Crippen molar-refractivity contribution in [3.8, 4) is 23.3 Å². The lowest BCUT2D eigenvalue weighted by atomic mass is 10.0. The molecule has 0 saturated carbocycles. The van der Waals surface area contributed by atoms with Gasteiger partial charge >= 0.3 is 0 Å². The topological polar surface area (TPSA) is 84.5 Å². The van der Waals surface area contributed by atoms with Crippen LogP contribution in [0.15, 0.2) is 42.5 Å². The molecule has 0 aromatic heterocycles. The minimum Gasteiger partial charge on any atom is -0.508 e. The standard InChI is InChI=1S/C15H11NO3/c16-9-12(11-1-3-13(17)4-2-11)5-10-6-14(18)8-15(19)7-10/h1-8,17-19H/b12-5+. The molecule has 94 valence electrons. The van der Waals surface area contributed by atoms with Crippen molar-refractivity contribution in [3.05, 3.63) is 53.6 Å². The summed E-state index contributed by atoms with van der Waals surface area (Å²) in [6.45, 7) is 0. The van der Waals surface area contributed by atoms with E-state index in [0.717, 1.165) is 0 Å². The zero-order chi connectivity index (χ0) is 13.8. The van der Waals surface area contributed by atoms with Gasteiger partial charge in [-0.15, -0.1) is 0 Å². The van der Waals surface area contributed by atoms with Crippen LogP contribution in [0.1, 0.15) is 11.1 Å². The average molecular weight is 253 g/mol. The Balaban J connectivity index is 2.44. The third-order valence-corrected chi connectivity index (χ3v) is 2.53. The van der Waals surface area contributed by atoms with Crippen LogP contribution in [-0.4, -0.2) is 15.3 Å². The van der Waals surface area contributed by atoms with Crippen molar-refractivity contribution in [1.82, 2.24) is 0 Å². The highest BCUT2D eigenvalue weighted by atomic mass is 16.3. The van der Waals surface area contributed by atoms with E-state index in [1.54, 1.807) is 18.2 Å². The van der Waals surface area contributed by atoms with Gasteiger partial charge in [0.1, 0.15) is 17.2 Å². The number of phenolic OH excluding ortho intramolecular Hbond substituents is 3. The Hall–Kier alpha value is -2.93. The molecule has 0 fully saturated rings. The quantitative estimate of drug-likeness (QED) is 0.567. The van der Waals surface area contributed by atoms with Gasteiger partial charge in [0.15, 0.2) is 0 Å². The van der Waals surface area contributed by atoms with Crippen molar-refractivity contribution >= 4 is 11.6 Å². The predicted molar refractivity (Wildman–Crippen MR) is 71.4 cm³/mol. The molecule has 0 aliphatic rings. The van der Waals surface area contributed by atoms with E-state index in [1.807, 2.05) is 6.07 Å². The van der Waals surface area contributed by atoms with Gasteiger partial charge in [0.2, 0.25) is 0 Å². The summed E-state index contributed by atoms with van der Waals surface area (Å²) in [5.74, 6) is -0.0282. The molecule has 3 N–H and O–H groups in total. The zero-order valence-corrected chi connectivity index (χ0v) is 9.91. The molecule has 0 saturated heterocycles. The number of benzene rings is 2. The molecule has 4 nitrogen and oxygen atoms in total. The molecule has 0 bridgehead atoms. The van der Waals surface area contributed by atoms with Crippen LogP contribution in [0.5, 0.6) is 17.2 Å². The molecule has 19 heavy (non-hydrogen) atoms. The normalized spacial score (nSPS) is 11.0. The van der Waals surface area contributed by atoms with Crippen molar-refractivity contribution < 1.29 is 15.3 Å². The van der Waals surface area contributed by atoms with Crippen LogP contribution < -0.4 is 0 Å². The van der Waals surface area contributed by atoms with Gasteiger partial charge in [0, 0.05) is 6.07 Å². The maximum Gasteiger partial charge on any atom is 0.119 e. The Bertz CT molecular complexity index is 647. The first-order valence-corrected chi connectivity index (χ1v) is 5.53. The van der Waals surface area contributed by atoms with Crippen molar-refractivity contribution in [1.29, 1.82) is 5.26 Å². The van der Waals surface area contributed by atoms with E-state index in [4.69, 9.17) is 5.26 Å². The van der Waals surface area contributed by atoms with Crippen molar-refractivity contribution in [2.75, 3.05) is 0 Å². The smallest absolute Gasteiger partial charge is 0.119 e. The van der Waals surface area contributed by atoms with E-state index >= 15 is 0 Å². The maximum absolute atomic E-state index is 9.38. The number of allylic oxidation sites excluding steroid dienone is 1. The minimum absolute atomic E-state index is 0.0748. The van der Waals surface area contributed by atoms with Crippen LogP contribution in [0.4, 0.5) is 0 Å². The SMILES string of the molecule is N#C/C(=C\c1cc(O)cc(O)c1)c1ccc(O)cc1. The van der Waals surface area contributed by atoms with Gasteiger partial charge in [-0.1, -0.05) is 0 Å². The first-order chi connectivity index (χ1) is 9.08. The monoisotopic (exact) mass is 253 g/mol. The highest BCUT2D eigenvalue weighted by Gasteiger charge is 2.03. The largest absolute Gasteiger partial charge is 0.508 e. The Labute approximate surface area is 110 Å². The number of rotatable bonds is 2. The minimum atomic E-state index is -0.0748. The van der Waals surface area contributed by atoms with Crippen molar-refractivity contribution in [2.24, 2.45) is 0 Å². The summed E-state index contributed by atoms with van der Waals surface area (Å²) >= 11 is 0. The Morgan fingerprint density at radius 3 is 2.00 bits per heavy atom. The second kappa shape index (κ2) is 5.15. The third-order valence-electron chi connectivity index (χ3n) is 2.53.